The minimum atomic E-state index is -1.17. The molecule has 2 aromatic heterocycles. The third-order valence-electron chi connectivity index (χ3n) is 4.08. The Morgan fingerprint density at radius 1 is 1.32 bits per heavy atom. The first kappa shape index (κ1) is 14.2. The molecule has 1 aromatic carbocycles. The smallest absolute Gasteiger partial charge is 0.145 e. The fraction of sp³-hybridized carbons (Fsp3) is 0.188. The van der Waals surface area contributed by atoms with Crippen molar-refractivity contribution in [1.29, 1.82) is 0 Å². The topological polar surface area (TPSA) is 17.3 Å². The third-order valence-corrected chi connectivity index (χ3v) is 5.01. The second kappa shape index (κ2) is 5.03. The Labute approximate surface area is 138 Å². The number of benzene rings is 1. The molecule has 2 heterocycles. The van der Waals surface area contributed by atoms with Gasteiger partial charge in [0.15, 0.2) is 0 Å². The van der Waals surface area contributed by atoms with Gasteiger partial charge in [-0.3, -0.25) is 0 Å². The van der Waals surface area contributed by atoms with E-state index in [-0.39, 0.29) is 5.92 Å². The monoisotopic (exact) mass is 382 g/mol. The van der Waals surface area contributed by atoms with E-state index in [0.717, 1.165) is 11.3 Å². The normalized spacial score (nSPS) is 20.5. The van der Waals surface area contributed by atoms with Crippen molar-refractivity contribution >= 4 is 33.2 Å². The van der Waals surface area contributed by atoms with Crippen LogP contribution in [-0.2, 0) is 0 Å². The number of fused-ring (bicyclic) bond motifs is 3. The highest BCUT2D eigenvalue weighted by molar-refractivity contribution is 9.10. The van der Waals surface area contributed by atoms with Gasteiger partial charge >= 0.3 is 0 Å². The van der Waals surface area contributed by atoms with Crippen molar-refractivity contribution in [2.75, 3.05) is 0 Å². The summed E-state index contributed by atoms with van der Waals surface area (Å²) in [6.45, 7) is 0. The van der Waals surface area contributed by atoms with Crippen LogP contribution in [0.2, 0.25) is 5.02 Å². The van der Waals surface area contributed by atoms with Crippen molar-refractivity contribution in [2.24, 2.45) is 0 Å². The van der Waals surface area contributed by atoms with Gasteiger partial charge in [-0.15, -0.1) is 0 Å². The molecular formula is C16H10BrClF2N2. The second-order valence-electron chi connectivity index (χ2n) is 5.36. The molecule has 0 radical (unpaired) electrons. The van der Waals surface area contributed by atoms with E-state index in [2.05, 4.69) is 20.9 Å². The maximum Gasteiger partial charge on any atom is 0.145 e. The van der Waals surface area contributed by atoms with Gasteiger partial charge in [-0.25, -0.2) is 13.8 Å². The average Bonchev–Trinajstić information content (AvgIpc) is 2.99. The summed E-state index contributed by atoms with van der Waals surface area (Å²) in [6, 6.07) is 8.72. The van der Waals surface area contributed by atoms with Crippen LogP contribution in [-0.4, -0.2) is 9.38 Å². The summed E-state index contributed by atoms with van der Waals surface area (Å²) in [6.07, 6.45) is 0.732. The summed E-state index contributed by atoms with van der Waals surface area (Å²) >= 11 is 9.44. The molecule has 0 aliphatic heterocycles. The molecule has 0 unspecified atom stereocenters. The Kier molecular flexibility index (Phi) is 3.24. The molecule has 0 N–H and O–H groups in total. The van der Waals surface area contributed by atoms with E-state index in [9.17, 15) is 8.78 Å². The summed E-state index contributed by atoms with van der Waals surface area (Å²) in [5.41, 5.74) is 2.40. The Morgan fingerprint density at radius 2 is 2.09 bits per heavy atom. The molecule has 22 heavy (non-hydrogen) atoms. The van der Waals surface area contributed by atoms with Crippen LogP contribution in [0.5, 0.6) is 0 Å². The molecule has 0 fully saturated rings. The summed E-state index contributed by atoms with van der Waals surface area (Å²) in [4.78, 5) is 4.27. The molecule has 2 nitrogen and oxygen atoms in total. The lowest BCUT2D eigenvalue weighted by atomic mass is 9.96. The molecule has 1 aliphatic carbocycles. The zero-order valence-electron chi connectivity index (χ0n) is 11.2. The van der Waals surface area contributed by atoms with Crippen LogP contribution in [0.3, 0.4) is 0 Å². The van der Waals surface area contributed by atoms with Crippen LogP contribution >= 0.6 is 27.5 Å². The molecule has 112 valence electrons. The molecule has 0 bridgehead atoms. The molecule has 0 spiro atoms. The van der Waals surface area contributed by atoms with Gasteiger partial charge in [0.1, 0.15) is 17.6 Å². The lowest BCUT2D eigenvalue weighted by Crippen LogP contribution is -2.02. The number of aromatic nitrogens is 2. The predicted molar refractivity (Wildman–Crippen MR) is 84.6 cm³/mol. The summed E-state index contributed by atoms with van der Waals surface area (Å²) in [5, 5.41) is 0.601. The molecule has 0 amide bonds. The van der Waals surface area contributed by atoms with Crippen molar-refractivity contribution in [3.63, 3.8) is 0 Å². The second-order valence-corrected chi connectivity index (χ2v) is 6.62. The number of nitrogens with zero attached hydrogens (tertiary/aromatic N) is 2. The van der Waals surface area contributed by atoms with Crippen LogP contribution in [0.1, 0.15) is 35.5 Å². The van der Waals surface area contributed by atoms with Crippen molar-refractivity contribution < 1.29 is 8.78 Å². The van der Waals surface area contributed by atoms with Gasteiger partial charge in [0.2, 0.25) is 0 Å². The van der Waals surface area contributed by atoms with Gasteiger partial charge in [0, 0.05) is 23.2 Å². The Hall–Kier alpha value is -1.46. The average molecular weight is 384 g/mol. The van der Waals surface area contributed by atoms with Crippen molar-refractivity contribution in [3.8, 4) is 0 Å². The maximum absolute atomic E-state index is 14.4. The maximum atomic E-state index is 14.4. The first-order chi connectivity index (χ1) is 10.6. The minimum Gasteiger partial charge on any atom is -0.302 e. The number of hydrogen-bond acceptors (Lipinski definition) is 1. The molecule has 6 heteroatoms. The Balaban J connectivity index is 1.98. The first-order valence-corrected chi connectivity index (χ1v) is 7.98. The SMILES string of the molecule is Fc1cc2nc3c(n2cc1Br)[C@@H](c1ccccc1Cl)C[C@H]3F. The predicted octanol–water partition coefficient (Wildman–Crippen LogP) is 5.44. The van der Waals surface area contributed by atoms with Gasteiger partial charge in [-0.1, -0.05) is 29.8 Å². The number of rotatable bonds is 1. The van der Waals surface area contributed by atoms with E-state index in [1.54, 1.807) is 16.7 Å². The van der Waals surface area contributed by atoms with Crippen molar-refractivity contribution in [3.05, 3.63) is 68.8 Å². The molecule has 4 rings (SSSR count). The zero-order valence-corrected chi connectivity index (χ0v) is 13.6. The molecule has 2 atom stereocenters. The summed E-state index contributed by atoms with van der Waals surface area (Å²) in [7, 11) is 0. The third kappa shape index (κ3) is 1.99. The molecule has 0 saturated heterocycles. The van der Waals surface area contributed by atoms with E-state index in [4.69, 9.17) is 11.6 Å². The summed E-state index contributed by atoms with van der Waals surface area (Å²) < 4.78 is 30.1. The van der Waals surface area contributed by atoms with Crippen LogP contribution in [0, 0.1) is 5.82 Å². The van der Waals surface area contributed by atoms with Gasteiger partial charge in [0.25, 0.3) is 0 Å². The van der Waals surface area contributed by atoms with E-state index >= 15 is 0 Å². The standard InChI is InChI=1S/C16H10BrClF2N2/c17-10-7-22-14(6-12(10)19)21-15-13(20)5-9(16(15)22)8-3-1-2-4-11(8)18/h1-4,6-7,9,13H,5H2/t9-,13-/m1/s1. The highest BCUT2D eigenvalue weighted by Gasteiger charge is 2.37. The molecule has 3 aromatic rings. The quantitative estimate of drug-likeness (QED) is 0.547. The molecule has 0 saturated carbocycles. The van der Waals surface area contributed by atoms with Crippen LogP contribution < -0.4 is 0 Å². The number of alkyl halides is 1. The molecular weight excluding hydrogens is 374 g/mol. The van der Waals surface area contributed by atoms with Gasteiger partial charge in [0.05, 0.1) is 15.9 Å². The number of pyridine rings is 1. The van der Waals surface area contributed by atoms with Gasteiger partial charge in [-0.05, 0) is 34.0 Å². The number of halogens is 4. The fourth-order valence-corrected chi connectivity index (χ4v) is 3.70. The van der Waals surface area contributed by atoms with Crippen LogP contribution in [0.25, 0.3) is 5.65 Å². The highest BCUT2D eigenvalue weighted by atomic mass is 79.9. The van der Waals surface area contributed by atoms with Crippen LogP contribution in [0.15, 0.2) is 41.0 Å². The fourth-order valence-electron chi connectivity index (χ4n) is 3.12. The van der Waals surface area contributed by atoms with Crippen molar-refractivity contribution in [2.45, 2.75) is 18.5 Å². The lowest BCUT2D eigenvalue weighted by molar-refractivity contribution is 0.330. The van der Waals surface area contributed by atoms with Crippen molar-refractivity contribution in [1.82, 2.24) is 9.38 Å². The Morgan fingerprint density at radius 3 is 2.86 bits per heavy atom. The van der Waals surface area contributed by atoms with E-state index < -0.39 is 12.0 Å². The molecule has 1 aliphatic rings. The first-order valence-electron chi connectivity index (χ1n) is 6.81. The van der Waals surface area contributed by atoms with Gasteiger partial charge < -0.3 is 4.40 Å². The van der Waals surface area contributed by atoms with Gasteiger partial charge in [-0.2, -0.15) is 0 Å². The number of hydrogen-bond donors (Lipinski definition) is 0. The van der Waals surface area contributed by atoms with E-state index in [0.29, 0.717) is 27.3 Å². The Bertz CT molecular complexity index is 893. The van der Waals surface area contributed by atoms with E-state index in [1.165, 1.54) is 6.07 Å². The van der Waals surface area contributed by atoms with Crippen LogP contribution in [0.4, 0.5) is 8.78 Å². The van der Waals surface area contributed by atoms with E-state index in [1.807, 2.05) is 18.2 Å². The summed E-state index contributed by atoms with van der Waals surface area (Å²) in [5.74, 6) is -0.605. The zero-order chi connectivity index (χ0) is 15.4. The minimum absolute atomic E-state index is 0.189. The largest absolute Gasteiger partial charge is 0.302 e. The highest BCUT2D eigenvalue weighted by Crippen LogP contribution is 2.47. The lowest BCUT2D eigenvalue weighted by Gasteiger charge is -2.14. The number of imidazole rings is 1.